The van der Waals surface area contributed by atoms with Crippen LogP contribution in [0.15, 0.2) is 12.1 Å². The van der Waals surface area contributed by atoms with Gasteiger partial charge in [-0.25, -0.2) is 4.57 Å². The SMILES string of the molecule is Cn1c(C(=O)NC2CCNC2)ccc1[N+](=O)[O-]. The fourth-order valence-corrected chi connectivity index (χ4v) is 1.95. The molecule has 2 N–H and O–H groups in total. The smallest absolute Gasteiger partial charge is 0.323 e. The van der Waals surface area contributed by atoms with Crippen molar-refractivity contribution in [1.29, 1.82) is 0 Å². The van der Waals surface area contributed by atoms with Gasteiger partial charge < -0.3 is 20.7 Å². The maximum absolute atomic E-state index is 11.9. The van der Waals surface area contributed by atoms with Crippen LogP contribution in [0.25, 0.3) is 0 Å². The zero-order valence-corrected chi connectivity index (χ0v) is 9.47. The van der Waals surface area contributed by atoms with E-state index in [2.05, 4.69) is 10.6 Å². The molecule has 1 atom stereocenters. The highest BCUT2D eigenvalue weighted by Crippen LogP contribution is 2.15. The second-order valence-electron chi connectivity index (χ2n) is 4.06. The Hall–Kier alpha value is -1.89. The Morgan fingerprint density at radius 3 is 2.94 bits per heavy atom. The number of nitrogens with zero attached hydrogens (tertiary/aromatic N) is 2. The molecule has 1 fully saturated rings. The zero-order valence-electron chi connectivity index (χ0n) is 9.47. The standard InChI is InChI=1S/C10H14N4O3/c1-13-8(2-3-9(13)14(16)17)10(15)12-7-4-5-11-6-7/h2-3,7,11H,4-6H2,1H3,(H,12,15). The first-order chi connectivity index (χ1) is 8.09. The van der Waals surface area contributed by atoms with Crippen LogP contribution in [-0.2, 0) is 7.05 Å². The molecule has 0 spiro atoms. The number of hydrogen-bond donors (Lipinski definition) is 2. The third kappa shape index (κ3) is 2.28. The minimum absolute atomic E-state index is 0.0836. The Morgan fingerprint density at radius 2 is 2.41 bits per heavy atom. The first-order valence-electron chi connectivity index (χ1n) is 5.41. The average Bonchev–Trinajstić information content (AvgIpc) is 2.86. The highest BCUT2D eigenvalue weighted by molar-refractivity contribution is 5.93. The third-order valence-corrected chi connectivity index (χ3v) is 2.91. The molecule has 7 nitrogen and oxygen atoms in total. The van der Waals surface area contributed by atoms with Gasteiger partial charge in [0.05, 0.1) is 7.05 Å². The minimum atomic E-state index is -0.506. The van der Waals surface area contributed by atoms with Crippen molar-refractivity contribution >= 4 is 11.7 Å². The summed E-state index contributed by atoms with van der Waals surface area (Å²) < 4.78 is 1.29. The molecular weight excluding hydrogens is 224 g/mol. The summed E-state index contributed by atoms with van der Waals surface area (Å²) in [6, 6.07) is 2.91. The van der Waals surface area contributed by atoms with Gasteiger partial charge in [0.2, 0.25) is 0 Å². The predicted molar refractivity (Wildman–Crippen MR) is 60.8 cm³/mol. The van der Waals surface area contributed by atoms with Gasteiger partial charge in [-0.2, -0.15) is 0 Å². The minimum Gasteiger partial charge on any atom is -0.358 e. The summed E-state index contributed by atoms with van der Waals surface area (Å²) >= 11 is 0. The van der Waals surface area contributed by atoms with E-state index in [0.717, 1.165) is 19.5 Å². The van der Waals surface area contributed by atoms with Crippen molar-refractivity contribution in [3.05, 3.63) is 27.9 Å². The zero-order chi connectivity index (χ0) is 12.4. The van der Waals surface area contributed by atoms with Gasteiger partial charge in [0.15, 0.2) is 5.69 Å². The summed E-state index contributed by atoms with van der Waals surface area (Å²) in [6.45, 7) is 1.64. The van der Waals surface area contributed by atoms with Crippen LogP contribution in [0, 0.1) is 10.1 Å². The van der Waals surface area contributed by atoms with Crippen molar-refractivity contribution in [2.75, 3.05) is 13.1 Å². The topological polar surface area (TPSA) is 89.2 Å². The van der Waals surface area contributed by atoms with Crippen molar-refractivity contribution in [3.63, 3.8) is 0 Å². The first-order valence-corrected chi connectivity index (χ1v) is 5.41. The highest BCUT2D eigenvalue weighted by Gasteiger charge is 2.23. The lowest BCUT2D eigenvalue weighted by atomic mass is 10.2. The van der Waals surface area contributed by atoms with E-state index >= 15 is 0 Å². The normalized spacial score (nSPS) is 19.2. The van der Waals surface area contributed by atoms with Crippen LogP contribution in [0.3, 0.4) is 0 Å². The molecule has 0 bridgehead atoms. The van der Waals surface area contributed by atoms with Gasteiger partial charge in [-0.1, -0.05) is 0 Å². The highest BCUT2D eigenvalue weighted by atomic mass is 16.6. The van der Waals surface area contributed by atoms with Crippen LogP contribution in [0.2, 0.25) is 0 Å². The van der Waals surface area contributed by atoms with Crippen LogP contribution in [0.5, 0.6) is 0 Å². The van der Waals surface area contributed by atoms with E-state index in [4.69, 9.17) is 0 Å². The van der Waals surface area contributed by atoms with Crippen molar-refractivity contribution in [2.45, 2.75) is 12.5 Å². The van der Waals surface area contributed by atoms with E-state index in [1.807, 2.05) is 0 Å². The van der Waals surface area contributed by atoms with E-state index in [-0.39, 0.29) is 17.8 Å². The molecule has 0 aliphatic carbocycles. The van der Waals surface area contributed by atoms with Crippen LogP contribution in [0.1, 0.15) is 16.9 Å². The molecule has 2 heterocycles. The van der Waals surface area contributed by atoms with Gasteiger partial charge >= 0.3 is 5.82 Å². The number of hydrogen-bond acceptors (Lipinski definition) is 4. The Kier molecular flexibility index (Phi) is 3.10. The molecule has 1 aliphatic rings. The Balaban J connectivity index is 2.11. The van der Waals surface area contributed by atoms with Gasteiger partial charge in [-0.15, -0.1) is 0 Å². The summed E-state index contributed by atoms with van der Waals surface area (Å²) in [5.41, 5.74) is 0.309. The van der Waals surface area contributed by atoms with Crippen LogP contribution < -0.4 is 10.6 Å². The van der Waals surface area contributed by atoms with E-state index in [9.17, 15) is 14.9 Å². The molecule has 1 amide bonds. The number of nitrogens with one attached hydrogen (secondary N) is 2. The summed E-state index contributed by atoms with van der Waals surface area (Å²) in [5.74, 6) is -0.353. The molecule has 1 saturated heterocycles. The van der Waals surface area contributed by atoms with Crippen molar-refractivity contribution < 1.29 is 9.72 Å². The Morgan fingerprint density at radius 1 is 1.65 bits per heavy atom. The van der Waals surface area contributed by atoms with Gasteiger partial charge in [-0.3, -0.25) is 4.79 Å². The molecule has 7 heteroatoms. The van der Waals surface area contributed by atoms with Crippen LogP contribution in [0.4, 0.5) is 5.82 Å². The molecule has 0 radical (unpaired) electrons. The Labute approximate surface area is 97.9 Å². The number of nitro groups is 1. The van der Waals surface area contributed by atoms with E-state index < -0.39 is 4.92 Å². The number of amides is 1. The van der Waals surface area contributed by atoms with E-state index in [1.54, 1.807) is 0 Å². The second-order valence-corrected chi connectivity index (χ2v) is 4.06. The van der Waals surface area contributed by atoms with Crippen molar-refractivity contribution in [1.82, 2.24) is 15.2 Å². The first kappa shape index (κ1) is 11.6. The molecule has 1 aromatic heterocycles. The molecule has 0 aromatic carbocycles. The predicted octanol–water partition coefficient (Wildman–Crippen LogP) is 0.0250. The van der Waals surface area contributed by atoms with Gasteiger partial charge in [0.25, 0.3) is 5.91 Å². The van der Waals surface area contributed by atoms with Gasteiger partial charge in [0.1, 0.15) is 0 Å². The number of rotatable bonds is 3. The van der Waals surface area contributed by atoms with E-state index in [1.165, 1.54) is 23.7 Å². The maximum Gasteiger partial charge on any atom is 0.323 e. The molecular formula is C10H14N4O3. The summed E-state index contributed by atoms with van der Waals surface area (Å²) in [7, 11) is 1.51. The van der Waals surface area contributed by atoms with Gasteiger partial charge in [0, 0.05) is 18.7 Å². The fraction of sp³-hybridized carbons (Fsp3) is 0.500. The largest absolute Gasteiger partial charge is 0.358 e. The van der Waals surface area contributed by atoms with Gasteiger partial charge in [-0.05, 0) is 24.0 Å². The monoisotopic (exact) mass is 238 g/mol. The van der Waals surface area contributed by atoms with Crippen molar-refractivity contribution in [2.24, 2.45) is 7.05 Å². The van der Waals surface area contributed by atoms with Crippen LogP contribution in [-0.4, -0.2) is 34.5 Å². The summed E-state index contributed by atoms with van der Waals surface area (Å²) in [4.78, 5) is 22.0. The maximum atomic E-state index is 11.9. The van der Waals surface area contributed by atoms with Crippen molar-refractivity contribution in [3.8, 4) is 0 Å². The lowest BCUT2D eigenvalue weighted by Crippen LogP contribution is -2.37. The third-order valence-electron chi connectivity index (χ3n) is 2.91. The lowest BCUT2D eigenvalue weighted by molar-refractivity contribution is -0.391. The quantitative estimate of drug-likeness (QED) is 0.574. The molecule has 92 valence electrons. The fourth-order valence-electron chi connectivity index (χ4n) is 1.95. The second kappa shape index (κ2) is 4.54. The van der Waals surface area contributed by atoms with Crippen LogP contribution >= 0.6 is 0 Å². The summed E-state index contributed by atoms with van der Waals surface area (Å²) in [5, 5.41) is 16.6. The summed E-state index contributed by atoms with van der Waals surface area (Å²) in [6.07, 6.45) is 0.887. The Bertz CT molecular complexity index is 448. The number of carbonyl (C=O) groups is 1. The molecule has 1 aromatic rings. The molecule has 2 rings (SSSR count). The molecule has 17 heavy (non-hydrogen) atoms. The number of aromatic nitrogens is 1. The molecule has 0 saturated carbocycles. The average molecular weight is 238 g/mol. The van der Waals surface area contributed by atoms with E-state index in [0.29, 0.717) is 5.69 Å². The molecule has 1 unspecified atom stereocenters. The molecule has 1 aliphatic heterocycles. The number of carbonyl (C=O) groups excluding carboxylic acids is 1. The lowest BCUT2D eigenvalue weighted by Gasteiger charge is -2.09.